The van der Waals surface area contributed by atoms with E-state index in [-0.39, 0.29) is 11.8 Å². The van der Waals surface area contributed by atoms with Crippen LogP contribution in [0.5, 0.6) is 0 Å². The molecule has 0 unspecified atom stereocenters. The van der Waals surface area contributed by atoms with Crippen molar-refractivity contribution in [1.29, 1.82) is 0 Å². The van der Waals surface area contributed by atoms with E-state index in [0.29, 0.717) is 25.3 Å². The Morgan fingerprint density at radius 1 is 1.18 bits per heavy atom. The zero-order valence-corrected chi connectivity index (χ0v) is 11.0. The minimum absolute atomic E-state index is 0.0105. The summed E-state index contributed by atoms with van der Waals surface area (Å²) in [5.41, 5.74) is 0. The molecule has 4 nitrogen and oxygen atoms in total. The van der Waals surface area contributed by atoms with E-state index in [1.165, 1.54) is 4.90 Å². The van der Waals surface area contributed by atoms with Gasteiger partial charge in [0.05, 0.1) is 0 Å². The van der Waals surface area contributed by atoms with Crippen LogP contribution in [0.15, 0.2) is 0 Å². The van der Waals surface area contributed by atoms with Gasteiger partial charge in [0, 0.05) is 19.4 Å². The van der Waals surface area contributed by atoms with Crippen LogP contribution in [0.3, 0.4) is 0 Å². The van der Waals surface area contributed by atoms with Crippen molar-refractivity contribution >= 4 is 11.8 Å². The van der Waals surface area contributed by atoms with Crippen LogP contribution in [-0.4, -0.2) is 36.3 Å². The Bertz CT molecular complexity index is 246. The molecule has 1 N–H and O–H groups in total. The zero-order valence-electron chi connectivity index (χ0n) is 11.0. The zero-order chi connectivity index (χ0) is 12.7. The van der Waals surface area contributed by atoms with Gasteiger partial charge in [-0.1, -0.05) is 13.8 Å². The molecule has 0 aliphatic carbocycles. The number of amides is 2. The molecule has 0 spiro atoms. The van der Waals surface area contributed by atoms with Crippen LogP contribution in [-0.2, 0) is 9.59 Å². The summed E-state index contributed by atoms with van der Waals surface area (Å²) in [6, 6.07) is 0. The highest BCUT2D eigenvalue weighted by atomic mass is 16.2. The molecule has 1 heterocycles. The van der Waals surface area contributed by atoms with Crippen molar-refractivity contribution in [3.8, 4) is 0 Å². The summed E-state index contributed by atoms with van der Waals surface area (Å²) in [7, 11) is 0. The number of carbonyl (C=O) groups excluding carboxylic acids is 2. The van der Waals surface area contributed by atoms with Crippen LogP contribution in [0.2, 0.25) is 0 Å². The molecule has 0 bridgehead atoms. The van der Waals surface area contributed by atoms with E-state index in [1.807, 2.05) is 0 Å². The number of likely N-dealkylation sites (tertiary alicyclic amines) is 1. The van der Waals surface area contributed by atoms with Gasteiger partial charge < -0.3 is 5.32 Å². The fourth-order valence-electron chi connectivity index (χ4n) is 1.96. The fourth-order valence-corrected chi connectivity index (χ4v) is 1.96. The number of nitrogens with zero attached hydrogens (tertiary/aromatic N) is 1. The maximum atomic E-state index is 11.7. The third-order valence-electron chi connectivity index (χ3n) is 2.92. The highest BCUT2D eigenvalue weighted by Crippen LogP contribution is 2.12. The third kappa shape index (κ3) is 5.31. The van der Waals surface area contributed by atoms with Crippen molar-refractivity contribution in [1.82, 2.24) is 10.2 Å². The maximum Gasteiger partial charge on any atom is 0.229 e. The van der Waals surface area contributed by atoms with Gasteiger partial charge in [-0.2, -0.15) is 0 Å². The molecule has 0 atom stereocenters. The second-order valence-corrected chi connectivity index (χ2v) is 5.10. The fraction of sp³-hybridized carbons (Fsp3) is 0.846. The van der Waals surface area contributed by atoms with Crippen molar-refractivity contribution in [3.63, 3.8) is 0 Å². The number of imide groups is 1. The monoisotopic (exact) mass is 240 g/mol. The Hall–Kier alpha value is -0.900. The van der Waals surface area contributed by atoms with Crippen molar-refractivity contribution in [3.05, 3.63) is 0 Å². The Balaban J connectivity index is 2.23. The molecule has 1 fully saturated rings. The third-order valence-corrected chi connectivity index (χ3v) is 2.92. The Labute approximate surface area is 104 Å². The molecule has 98 valence electrons. The van der Waals surface area contributed by atoms with Gasteiger partial charge in [0.15, 0.2) is 0 Å². The van der Waals surface area contributed by atoms with Gasteiger partial charge in [0.1, 0.15) is 0 Å². The summed E-state index contributed by atoms with van der Waals surface area (Å²) in [4.78, 5) is 24.8. The van der Waals surface area contributed by atoms with Crippen LogP contribution in [0.4, 0.5) is 0 Å². The van der Waals surface area contributed by atoms with Gasteiger partial charge in [-0.05, 0) is 38.3 Å². The molecule has 2 amide bonds. The van der Waals surface area contributed by atoms with Crippen LogP contribution in [0.25, 0.3) is 0 Å². The minimum atomic E-state index is 0.0105. The topological polar surface area (TPSA) is 49.4 Å². The Morgan fingerprint density at radius 3 is 2.29 bits per heavy atom. The number of rotatable bonds is 6. The molecule has 0 radical (unpaired) electrons. The molecular formula is C13H24N2O2. The quantitative estimate of drug-likeness (QED) is 0.566. The normalized spacial score (nSPS) is 17.7. The van der Waals surface area contributed by atoms with Crippen molar-refractivity contribution < 1.29 is 9.59 Å². The molecule has 17 heavy (non-hydrogen) atoms. The molecule has 0 saturated carbocycles. The first kappa shape index (κ1) is 14.2. The second kappa shape index (κ2) is 7.43. The largest absolute Gasteiger partial charge is 0.316 e. The standard InChI is InChI=1S/C13H24N2O2/c1-11(2)10-14-8-5-9-15-12(16)6-3-4-7-13(15)17/h11,14H,3-10H2,1-2H3. The van der Waals surface area contributed by atoms with Gasteiger partial charge >= 0.3 is 0 Å². The van der Waals surface area contributed by atoms with Gasteiger partial charge in [0.25, 0.3) is 0 Å². The molecule has 0 aromatic carbocycles. The lowest BCUT2D eigenvalue weighted by Crippen LogP contribution is -2.37. The Kier molecular flexibility index (Phi) is 6.19. The molecule has 1 saturated heterocycles. The average molecular weight is 240 g/mol. The second-order valence-electron chi connectivity index (χ2n) is 5.10. The van der Waals surface area contributed by atoms with E-state index >= 15 is 0 Å². The molecule has 0 aromatic rings. The summed E-state index contributed by atoms with van der Waals surface area (Å²) in [6.07, 6.45) is 3.62. The van der Waals surface area contributed by atoms with Gasteiger partial charge in [-0.25, -0.2) is 0 Å². The first-order valence-electron chi connectivity index (χ1n) is 6.65. The van der Waals surface area contributed by atoms with E-state index in [4.69, 9.17) is 0 Å². The number of nitrogens with one attached hydrogen (secondary N) is 1. The summed E-state index contributed by atoms with van der Waals surface area (Å²) >= 11 is 0. The van der Waals surface area contributed by atoms with Crippen LogP contribution in [0, 0.1) is 5.92 Å². The molecule has 1 aliphatic rings. The number of hydrogen-bond donors (Lipinski definition) is 1. The molecular weight excluding hydrogens is 216 g/mol. The van der Waals surface area contributed by atoms with E-state index in [2.05, 4.69) is 19.2 Å². The first-order valence-corrected chi connectivity index (χ1v) is 6.65. The SMILES string of the molecule is CC(C)CNCCCN1C(=O)CCCCC1=O. The van der Waals surface area contributed by atoms with E-state index in [9.17, 15) is 9.59 Å². The van der Waals surface area contributed by atoms with Crippen molar-refractivity contribution in [2.24, 2.45) is 5.92 Å². The van der Waals surface area contributed by atoms with E-state index in [0.717, 1.165) is 32.4 Å². The molecule has 0 aromatic heterocycles. The summed E-state index contributed by atoms with van der Waals surface area (Å²) in [5, 5.41) is 3.32. The highest BCUT2D eigenvalue weighted by Gasteiger charge is 2.22. The van der Waals surface area contributed by atoms with Gasteiger partial charge in [-0.3, -0.25) is 14.5 Å². The molecule has 1 rings (SSSR count). The smallest absolute Gasteiger partial charge is 0.229 e. The van der Waals surface area contributed by atoms with E-state index in [1.54, 1.807) is 0 Å². The van der Waals surface area contributed by atoms with Crippen LogP contribution < -0.4 is 5.32 Å². The number of hydrogen-bond acceptors (Lipinski definition) is 3. The first-order chi connectivity index (χ1) is 8.11. The summed E-state index contributed by atoms with van der Waals surface area (Å²) in [5.74, 6) is 0.657. The van der Waals surface area contributed by atoms with Gasteiger partial charge in [-0.15, -0.1) is 0 Å². The lowest BCUT2D eigenvalue weighted by molar-refractivity contribution is -0.143. The van der Waals surface area contributed by atoms with Crippen LogP contribution in [0.1, 0.15) is 46.0 Å². The summed E-state index contributed by atoms with van der Waals surface area (Å²) < 4.78 is 0. The minimum Gasteiger partial charge on any atom is -0.316 e. The predicted octanol–water partition coefficient (Wildman–Crippen LogP) is 1.55. The predicted molar refractivity (Wildman–Crippen MR) is 67.5 cm³/mol. The summed E-state index contributed by atoms with van der Waals surface area (Å²) in [6.45, 7) is 6.75. The Morgan fingerprint density at radius 2 is 1.76 bits per heavy atom. The molecule has 4 heteroatoms. The van der Waals surface area contributed by atoms with Gasteiger partial charge in [0.2, 0.25) is 11.8 Å². The average Bonchev–Trinajstić information content (AvgIpc) is 2.42. The van der Waals surface area contributed by atoms with Crippen molar-refractivity contribution in [2.75, 3.05) is 19.6 Å². The maximum absolute atomic E-state index is 11.7. The molecule has 1 aliphatic heterocycles. The lowest BCUT2D eigenvalue weighted by atomic mass is 10.2. The van der Waals surface area contributed by atoms with Crippen LogP contribution >= 0.6 is 0 Å². The van der Waals surface area contributed by atoms with Crippen molar-refractivity contribution in [2.45, 2.75) is 46.0 Å². The highest BCUT2D eigenvalue weighted by molar-refractivity contribution is 5.95. The lowest BCUT2D eigenvalue weighted by Gasteiger charge is -2.18. The number of carbonyl (C=O) groups is 2. The van der Waals surface area contributed by atoms with E-state index < -0.39 is 0 Å².